The van der Waals surface area contributed by atoms with Crippen LogP contribution in [0.2, 0.25) is 0 Å². The van der Waals surface area contributed by atoms with Gasteiger partial charge in [-0.25, -0.2) is 4.79 Å². The molecule has 4 nitrogen and oxygen atoms in total. The predicted octanol–water partition coefficient (Wildman–Crippen LogP) is 6.58. The first-order valence-electron chi connectivity index (χ1n) is 11.1. The topological polar surface area (TPSA) is 64.3 Å². The van der Waals surface area contributed by atoms with Crippen LogP contribution in [0.25, 0.3) is 0 Å². The molecule has 172 valence electrons. The van der Waals surface area contributed by atoms with Crippen LogP contribution in [0.5, 0.6) is 0 Å². The molecule has 0 spiro atoms. The molecule has 0 aliphatic heterocycles. The SMILES string of the molecule is CC(C)(C)C1=CC(=O)CC1.CC(C)(C)C1=CCCC1=O.CC(C)(C)c1ccc(=O)oc1. The molecular weight excluding hydrogens is 388 g/mol. The minimum Gasteiger partial charge on any atom is -0.431 e. The van der Waals surface area contributed by atoms with Crippen molar-refractivity contribution in [1.82, 2.24) is 0 Å². The molecular formula is C27H40O4. The Kier molecular flexibility index (Phi) is 8.98. The summed E-state index contributed by atoms with van der Waals surface area (Å²) in [6.07, 6.45) is 8.78. The van der Waals surface area contributed by atoms with Crippen LogP contribution in [0.3, 0.4) is 0 Å². The van der Waals surface area contributed by atoms with Crippen LogP contribution in [0.15, 0.2) is 50.9 Å². The quantitative estimate of drug-likeness (QED) is 0.468. The highest BCUT2D eigenvalue weighted by molar-refractivity contribution is 5.98. The van der Waals surface area contributed by atoms with Gasteiger partial charge in [0.1, 0.15) is 0 Å². The Bertz CT molecular complexity index is 870. The Morgan fingerprint density at radius 3 is 1.61 bits per heavy atom. The Morgan fingerprint density at radius 1 is 0.742 bits per heavy atom. The number of hydrogen-bond acceptors (Lipinski definition) is 4. The molecule has 4 heteroatoms. The van der Waals surface area contributed by atoms with Gasteiger partial charge in [-0.05, 0) is 52.4 Å². The highest BCUT2D eigenvalue weighted by Gasteiger charge is 2.26. The molecule has 3 rings (SSSR count). The van der Waals surface area contributed by atoms with E-state index in [-0.39, 0.29) is 21.9 Å². The summed E-state index contributed by atoms with van der Waals surface area (Å²) in [5.41, 5.74) is 3.39. The first-order chi connectivity index (χ1) is 14.0. The van der Waals surface area contributed by atoms with E-state index in [4.69, 9.17) is 4.42 Å². The van der Waals surface area contributed by atoms with Crippen LogP contribution in [0, 0.1) is 10.8 Å². The first kappa shape index (κ1) is 26.8. The van der Waals surface area contributed by atoms with E-state index in [2.05, 4.69) is 68.4 Å². The fourth-order valence-electron chi connectivity index (χ4n) is 3.29. The fraction of sp³-hybridized carbons (Fsp3) is 0.593. The molecule has 0 fully saturated rings. The summed E-state index contributed by atoms with van der Waals surface area (Å²) < 4.78 is 4.73. The van der Waals surface area contributed by atoms with Crippen molar-refractivity contribution in [1.29, 1.82) is 0 Å². The third kappa shape index (κ3) is 9.20. The summed E-state index contributed by atoms with van der Waals surface area (Å²) in [6.45, 7) is 18.9. The molecule has 31 heavy (non-hydrogen) atoms. The third-order valence-electron chi connectivity index (χ3n) is 5.33. The molecule has 0 radical (unpaired) electrons. The molecule has 0 saturated carbocycles. The van der Waals surface area contributed by atoms with E-state index in [0.717, 1.165) is 36.8 Å². The van der Waals surface area contributed by atoms with E-state index in [9.17, 15) is 14.4 Å². The average molecular weight is 429 g/mol. The van der Waals surface area contributed by atoms with Gasteiger partial charge in [0.15, 0.2) is 11.6 Å². The van der Waals surface area contributed by atoms with Gasteiger partial charge < -0.3 is 4.42 Å². The maximum Gasteiger partial charge on any atom is 0.335 e. The number of carbonyl (C=O) groups excluding carboxylic acids is 2. The molecule has 0 amide bonds. The van der Waals surface area contributed by atoms with E-state index in [1.165, 1.54) is 17.9 Å². The van der Waals surface area contributed by atoms with Crippen LogP contribution in [-0.4, -0.2) is 11.6 Å². The summed E-state index contributed by atoms with van der Waals surface area (Å²) in [5.74, 6) is 0.637. The molecule has 1 aromatic rings. The lowest BCUT2D eigenvalue weighted by Crippen LogP contribution is -2.14. The fourth-order valence-corrected chi connectivity index (χ4v) is 3.29. The number of ketones is 2. The molecule has 1 heterocycles. The van der Waals surface area contributed by atoms with Crippen LogP contribution in [-0.2, 0) is 15.0 Å². The zero-order valence-corrected chi connectivity index (χ0v) is 20.8. The Hall–Kier alpha value is -2.23. The molecule has 0 N–H and O–H groups in total. The van der Waals surface area contributed by atoms with E-state index in [1.807, 2.05) is 0 Å². The largest absolute Gasteiger partial charge is 0.431 e. The molecule has 2 aliphatic rings. The second kappa shape index (κ2) is 10.4. The number of hydrogen-bond donors (Lipinski definition) is 0. The van der Waals surface area contributed by atoms with Gasteiger partial charge in [-0.15, -0.1) is 0 Å². The molecule has 0 saturated heterocycles. The second-order valence-corrected chi connectivity index (χ2v) is 11.3. The van der Waals surface area contributed by atoms with Gasteiger partial charge in [-0.2, -0.15) is 0 Å². The Balaban J connectivity index is 0.000000233. The van der Waals surface area contributed by atoms with Gasteiger partial charge in [0.05, 0.1) is 6.26 Å². The van der Waals surface area contributed by atoms with Crippen LogP contribution in [0.4, 0.5) is 0 Å². The summed E-state index contributed by atoms with van der Waals surface area (Å²) in [6, 6.07) is 3.24. The van der Waals surface area contributed by atoms with E-state index >= 15 is 0 Å². The zero-order valence-electron chi connectivity index (χ0n) is 20.8. The van der Waals surface area contributed by atoms with Gasteiger partial charge in [0.25, 0.3) is 0 Å². The predicted molar refractivity (Wildman–Crippen MR) is 127 cm³/mol. The summed E-state index contributed by atoms with van der Waals surface area (Å²) in [5, 5.41) is 0. The van der Waals surface area contributed by atoms with Gasteiger partial charge >= 0.3 is 5.63 Å². The summed E-state index contributed by atoms with van der Waals surface area (Å²) in [4.78, 5) is 32.6. The lowest BCUT2D eigenvalue weighted by atomic mass is 9.85. The van der Waals surface area contributed by atoms with Gasteiger partial charge in [0, 0.05) is 18.9 Å². The second-order valence-electron chi connectivity index (χ2n) is 11.3. The van der Waals surface area contributed by atoms with E-state index in [0.29, 0.717) is 11.6 Å². The van der Waals surface area contributed by atoms with Crippen LogP contribution >= 0.6 is 0 Å². The molecule has 0 atom stereocenters. The molecule has 1 aromatic heterocycles. The lowest BCUT2D eigenvalue weighted by Gasteiger charge is -2.19. The third-order valence-corrected chi connectivity index (χ3v) is 5.33. The molecule has 2 aliphatic carbocycles. The standard InChI is InChI=1S/C9H12O2.2C9H14O/c1-9(2,3)7-4-5-8(10)11-6-7;1-9(2,3)7-4-5-8(10)6-7;1-9(2,3)7-5-4-6-8(7)10/h4-6H,1-3H3;6H,4-5H2,1-3H3;5H,4,6H2,1-3H3. The van der Waals surface area contributed by atoms with Crippen molar-refractivity contribution in [3.63, 3.8) is 0 Å². The molecule has 0 bridgehead atoms. The van der Waals surface area contributed by atoms with Gasteiger partial charge in [-0.3, -0.25) is 9.59 Å². The highest BCUT2D eigenvalue weighted by atomic mass is 16.4. The number of rotatable bonds is 0. The minimum atomic E-state index is -0.294. The van der Waals surface area contributed by atoms with Crippen molar-refractivity contribution in [3.8, 4) is 0 Å². The van der Waals surface area contributed by atoms with Crippen molar-refractivity contribution in [2.75, 3.05) is 0 Å². The smallest absolute Gasteiger partial charge is 0.335 e. The van der Waals surface area contributed by atoms with Crippen LogP contribution in [0.1, 0.15) is 93.6 Å². The average Bonchev–Trinajstić information content (AvgIpc) is 3.23. The number of Topliss-reactive ketones (excluding diaryl/α,β-unsaturated/α-hetero) is 1. The Labute approximate surface area is 187 Å². The van der Waals surface area contributed by atoms with Crippen molar-refractivity contribution in [2.24, 2.45) is 10.8 Å². The van der Waals surface area contributed by atoms with Gasteiger partial charge in [0.2, 0.25) is 0 Å². The lowest BCUT2D eigenvalue weighted by molar-refractivity contribution is -0.116. The maximum atomic E-state index is 11.2. The van der Waals surface area contributed by atoms with E-state index in [1.54, 1.807) is 12.1 Å². The summed E-state index contributed by atoms with van der Waals surface area (Å²) in [7, 11) is 0. The zero-order chi connectivity index (χ0) is 24.0. The Morgan fingerprint density at radius 2 is 1.35 bits per heavy atom. The maximum absolute atomic E-state index is 11.2. The van der Waals surface area contributed by atoms with Crippen molar-refractivity contribution in [2.45, 2.75) is 93.4 Å². The van der Waals surface area contributed by atoms with E-state index < -0.39 is 0 Å². The van der Waals surface area contributed by atoms with Gasteiger partial charge in [-0.1, -0.05) is 74.0 Å². The normalized spacial score (nSPS) is 16.7. The van der Waals surface area contributed by atoms with Crippen molar-refractivity contribution < 1.29 is 14.0 Å². The minimum absolute atomic E-state index is 0.0528. The summed E-state index contributed by atoms with van der Waals surface area (Å²) >= 11 is 0. The number of allylic oxidation sites excluding steroid dienone is 4. The van der Waals surface area contributed by atoms with Crippen LogP contribution < -0.4 is 5.63 Å². The highest BCUT2D eigenvalue weighted by Crippen LogP contribution is 2.32. The monoisotopic (exact) mass is 428 g/mol. The molecule has 0 aromatic carbocycles. The van der Waals surface area contributed by atoms with Crippen molar-refractivity contribution in [3.05, 3.63) is 57.7 Å². The number of carbonyl (C=O) groups is 2. The molecule has 0 unspecified atom stereocenters. The van der Waals surface area contributed by atoms with Crippen molar-refractivity contribution >= 4 is 11.6 Å². The first-order valence-corrected chi connectivity index (χ1v) is 11.1.